The molecular formula is C20H29N5O2. The zero-order valence-electron chi connectivity index (χ0n) is 15.8. The molecule has 0 unspecified atom stereocenters. The lowest BCUT2D eigenvalue weighted by Gasteiger charge is -2.35. The molecule has 7 heteroatoms. The number of urea groups is 1. The van der Waals surface area contributed by atoms with Crippen LogP contribution in [0.2, 0.25) is 0 Å². The summed E-state index contributed by atoms with van der Waals surface area (Å²) in [6.07, 6.45) is 9.82. The van der Waals surface area contributed by atoms with E-state index in [1.54, 1.807) is 11.1 Å². The Bertz CT molecular complexity index is 654. The van der Waals surface area contributed by atoms with Gasteiger partial charge in [0, 0.05) is 38.9 Å². The van der Waals surface area contributed by atoms with Crippen molar-refractivity contribution in [2.45, 2.75) is 32.1 Å². The molecule has 2 aliphatic rings. The number of pyridine rings is 1. The molecule has 3 amide bonds. The van der Waals surface area contributed by atoms with E-state index >= 15 is 0 Å². The van der Waals surface area contributed by atoms with E-state index in [0.717, 1.165) is 38.2 Å². The number of nitrogens with one attached hydrogen (secondary N) is 2. The Morgan fingerprint density at radius 1 is 1.07 bits per heavy atom. The lowest BCUT2D eigenvalue weighted by Crippen LogP contribution is -2.53. The Kier molecular flexibility index (Phi) is 7.07. The van der Waals surface area contributed by atoms with Crippen LogP contribution in [0.25, 0.3) is 0 Å². The lowest BCUT2D eigenvalue weighted by molar-refractivity contribution is -0.120. The number of anilines is 1. The summed E-state index contributed by atoms with van der Waals surface area (Å²) >= 11 is 0. The molecule has 1 saturated heterocycles. The first kappa shape index (κ1) is 19.2. The van der Waals surface area contributed by atoms with Gasteiger partial charge in [-0.05, 0) is 44.2 Å². The molecule has 2 N–H and O–H groups in total. The first-order valence-electron chi connectivity index (χ1n) is 9.86. The number of hydrogen-bond donors (Lipinski definition) is 2. The van der Waals surface area contributed by atoms with Crippen molar-refractivity contribution in [1.82, 2.24) is 20.5 Å². The van der Waals surface area contributed by atoms with Crippen molar-refractivity contribution < 1.29 is 9.59 Å². The Morgan fingerprint density at radius 3 is 2.63 bits per heavy atom. The van der Waals surface area contributed by atoms with Crippen LogP contribution in [0.15, 0.2) is 36.0 Å². The number of hydrogen-bond acceptors (Lipinski definition) is 4. The van der Waals surface area contributed by atoms with E-state index in [0.29, 0.717) is 19.6 Å². The van der Waals surface area contributed by atoms with Crippen LogP contribution in [0, 0.1) is 0 Å². The Hall–Kier alpha value is -2.57. The van der Waals surface area contributed by atoms with Crippen molar-refractivity contribution >= 4 is 17.8 Å². The molecule has 1 aliphatic heterocycles. The quantitative estimate of drug-likeness (QED) is 0.749. The fourth-order valence-electron chi connectivity index (χ4n) is 3.50. The molecule has 1 aromatic rings. The summed E-state index contributed by atoms with van der Waals surface area (Å²) in [5, 5.41) is 5.61. The Morgan fingerprint density at radius 2 is 1.93 bits per heavy atom. The summed E-state index contributed by atoms with van der Waals surface area (Å²) in [5.74, 6) is 0.803. The van der Waals surface area contributed by atoms with Crippen LogP contribution in [0.5, 0.6) is 0 Å². The molecule has 2 heterocycles. The maximum Gasteiger partial charge on any atom is 0.317 e. The normalized spacial score (nSPS) is 17.3. The van der Waals surface area contributed by atoms with E-state index in [-0.39, 0.29) is 18.5 Å². The second-order valence-electron chi connectivity index (χ2n) is 7.03. The van der Waals surface area contributed by atoms with Gasteiger partial charge in [-0.1, -0.05) is 17.7 Å². The first-order chi connectivity index (χ1) is 13.2. The second kappa shape index (κ2) is 9.94. The van der Waals surface area contributed by atoms with Gasteiger partial charge in [-0.15, -0.1) is 0 Å². The van der Waals surface area contributed by atoms with Crippen LogP contribution in [0.1, 0.15) is 32.1 Å². The van der Waals surface area contributed by atoms with Gasteiger partial charge in [-0.3, -0.25) is 4.79 Å². The van der Waals surface area contributed by atoms with Crippen molar-refractivity contribution in [3.05, 3.63) is 36.0 Å². The van der Waals surface area contributed by atoms with Gasteiger partial charge in [0.25, 0.3) is 0 Å². The minimum absolute atomic E-state index is 0.0261. The summed E-state index contributed by atoms with van der Waals surface area (Å²) in [7, 11) is 0. The maximum absolute atomic E-state index is 12.3. The van der Waals surface area contributed by atoms with Crippen LogP contribution in [-0.4, -0.2) is 61.1 Å². The van der Waals surface area contributed by atoms with E-state index < -0.39 is 0 Å². The van der Waals surface area contributed by atoms with Gasteiger partial charge in [0.15, 0.2) is 0 Å². The van der Waals surface area contributed by atoms with E-state index in [2.05, 4.69) is 26.6 Å². The van der Waals surface area contributed by atoms with E-state index in [4.69, 9.17) is 0 Å². The third kappa shape index (κ3) is 5.98. The van der Waals surface area contributed by atoms with Crippen molar-refractivity contribution in [3.8, 4) is 0 Å². The minimum atomic E-state index is -0.180. The topological polar surface area (TPSA) is 77.6 Å². The predicted molar refractivity (Wildman–Crippen MR) is 106 cm³/mol. The zero-order chi connectivity index (χ0) is 18.9. The first-order valence-corrected chi connectivity index (χ1v) is 9.86. The third-order valence-electron chi connectivity index (χ3n) is 5.09. The second-order valence-corrected chi connectivity index (χ2v) is 7.03. The molecule has 1 fully saturated rings. The molecule has 7 nitrogen and oxygen atoms in total. The van der Waals surface area contributed by atoms with Gasteiger partial charge >= 0.3 is 6.03 Å². The van der Waals surface area contributed by atoms with Crippen molar-refractivity contribution in [1.29, 1.82) is 0 Å². The molecule has 1 aliphatic carbocycles. The summed E-state index contributed by atoms with van der Waals surface area (Å²) in [5.41, 5.74) is 1.44. The van der Waals surface area contributed by atoms with Gasteiger partial charge in [0.2, 0.25) is 5.91 Å². The zero-order valence-corrected chi connectivity index (χ0v) is 15.8. The molecule has 0 spiro atoms. The number of nitrogens with zero attached hydrogens (tertiary/aromatic N) is 3. The monoisotopic (exact) mass is 371 g/mol. The van der Waals surface area contributed by atoms with Crippen LogP contribution in [-0.2, 0) is 4.79 Å². The number of amides is 3. The highest BCUT2D eigenvalue weighted by atomic mass is 16.2. The van der Waals surface area contributed by atoms with E-state index in [1.807, 2.05) is 18.2 Å². The molecule has 27 heavy (non-hydrogen) atoms. The number of aromatic nitrogens is 1. The van der Waals surface area contributed by atoms with Crippen molar-refractivity contribution in [3.63, 3.8) is 0 Å². The highest BCUT2D eigenvalue weighted by molar-refractivity contribution is 5.84. The summed E-state index contributed by atoms with van der Waals surface area (Å²) < 4.78 is 0. The molecule has 3 rings (SSSR count). The molecule has 146 valence electrons. The van der Waals surface area contributed by atoms with Gasteiger partial charge in [-0.25, -0.2) is 9.78 Å². The number of allylic oxidation sites excluding steroid dienone is 1. The number of rotatable bonds is 6. The molecule has 0 atom stereocenters. The highest BCUT2D eigenvalue weighted by Gasteiger charge is 2.21. The van der Waals surface area contributed by atoms with E-state index in [1.165, 1.54) is 18.4 Å². The fraction of sp³-hybridized carbons (Fsp3) is 0.550. The van der Waals surface area contributed by atoms with Gasteiger partial charge < -0.3 is 20.4 Å². The molecular weight excluding hydrogens is 342 g/mol. The number of carbonyl (C=O) groups is 2. The van der Waals surface area contributed by atoms with Gasteiger partial charge in [-0.2, -0.15) is 0 Å². The van der Waals surface area contributed by atoms with Gasteiger partial charge in [0.05, 0.1) is 6.54 Å². The maximum atomic E-state index is 12.3. The highest BCUT2D eigenvalue weighted by Crippen LogP contribution is 2.19. The number of carbonyl (C=O) groups excluding carboxylic acids is 2. The Labute approximate surface area is 160 Å². The van der Waals surface area contributed by atoms with Crippen molar-refractivity contribution in [2.75, 3.05) is 44.2 Å². The van der Waals surface area contributed by atoms with Crippen LogP contribution >= 0.6 is 0 Å². The van der Waals surface area contributed by atoms with Crippen LogP contribution in [0.4, 0.5) is 10.6 Å². The SMILES string of the molecule is O=C(CNC(=O)N1CCN(c2ccccn2)CC1)NCCC1=CCCCC1. The smallest absolute Gasteiger partial charge is 0.317 e. The largest absolute Gasteiger partial charge is 0.354 e. The molecule has 0 aromatic carbocycles. The Balaban J connectivity index is 1.31. The van der Waals surface area contributed by atoms with Crippen molar-refractivity contribution in [2.24, 2.45) is 0 Å². The van der Waals surface area contributed by atoms with Crippen LogP contribution < -0.4 is 15.5 Å². The molecule has 0 bridgehead atoms. The molecule has 1 aromatic heterocycles. The predicted octanol–water partition coefficient (Wildman–Crippen LogP) is 1.92. The number of piperazine rings is 1. The lowest BCUT2D eigenvalue weighted by atomic mass is 9.97. The molecule has 0 radical (unpaired) electrons. The third-order valence-corrected chi connectivity index (χ3v) is 5.09. The summed E-state index contributed by atoms with van der Waals surface area (Å²) in [6, 6.07) is 5.65. The summed E-state index contributed by atoms with van der Waals surface area (Å²) in [6.45, 7) is 3.40. The van der Waals surface area contributed by atoms with Crippen LogP contribution in [0.3, 0.4) is 0 Å². The average Bonchev–Trinajstić information content (AvgIpc) is 2.73. The average molecular weight is 371 g/mol. The fourth-order valence-corrected chi connectivity index (χ4v) is 3.50. The standard InChI is InChI=1S/C20H29N5O2/c26-19(22-11-9-17-6-2-1-3-7-17)16-23-20(27)25-14-12-24(13-15-25)18-8-4-5-10-21-18/h4-6,8,10H,1-3,7,9,11-16H2,(H,22,26)(H,23,27). The molecule has 0 saturated carbocycles. The summed E-state index contributed by atoms with van der Waals surface area (Å²) in [4.78, 5) is 32.4. The van der Waals surface area contributed by atoms with Gasteiger partial charge in [0.1, 0.15) is 5.82 Å². The minimum Gasteiger partial charge on any atom is -0.354 e. The van der Waals surface area contributed by atoms with E-state index in [9.17, 15) is 9.59 Å².